The minimum atomic E-state index is -0.519. The lowest BCUT2D eigenvalue weighted by molar-refractivity contribution is -0.116. The third-order valence-corrected chi connectivity index (χ3v) is 7.68. The van der Waals surface area contributed by atoms with Gasteiger partial charge in [-0.25, -0.2) is 4.39 Å². The number of nitrogens with one attached hydrogen (secondary N) is 2. The Labute approximate surface area is 213 Å². The highest BCUT2D eigenvalue weighted by molar-refractivity contribution is 7.10. The number of anilines is 1. The highest BCUT2D eigenvalue weighted by atomic mass is 32.1. The van der Waals surface area contributed by atoms with Gasteiger partial charge in [-0.2, -0.15) is 0 Å². The van der Waals surface area contributed by atoms with Crippen molar-refractivity contribution in [2.45, 2.75) is 38.5 Å². The number of allylic oxidation sites excluding steroid dienone is 3. The predicted molar refractivity (Wildman–Crippen MR) is 140 cm³/mol. The van der Waals surface area contributed by atoms with Gasteiger partial charge in [0.05, 0.1) is 6.61 Å². The van der Waals surface area contributed by atoms with Gasteiger partial charge in [0.1, 0.15) is 11.6 Å². The Kier molecular flexibility index (Phi) is 6.74. The SMILES string of the molecule is CCOc1ccc([C@@H]2C(C(=O)Nc3ccc(F)cc3)=C(C)NC3=C2C(=O)C[C@H](c2cccs2)C3)cc1. The summed E-state index contributed by atoms with van der Waals surface area (Å²) in [5.41, 5.74) is 4.02. The molecule has 5 nitrogen and oxygen atoms in total. The largest absolute Gasteiger partial charge is 0.494 e. The fourth-order valence-corrected chi connectivity index (χ4v) is 5.88. The smallest absolute Gasteiger partial charge is 0.254 e. The summed E-state index contributed by atoms with van der Waals surface area (Å²) in [6.45, 7) is 4.34. The summed E-state index contributed by atoms with van der Waals surface area (Å²) in [6.07, 6.45) is 1.11. The van der Waals surface area contributed by atoms with Crippen LogP contribution in [0.1, 0.15) is 49.0 Å². The molecule has 0 saturated carbocycles. The average Bonchev–Trinajstić information content (AvgIpc) is 3.40. The number of benzene rings is 2. The van der Waals surface area contributed by atoms with E-state index in [0.717, 1.165) is 17.0 Å². The molecule has 2 aliphatic rings. The molecule has 0 saturated heterocycles. The molecule has 2 aromatic carbocycles. The van der Waals surface area contributed by atoms with Crippen molar-refractivity contribution in [3.8, 4) is 5.75 Å². The highest BCUT2D eigenvalue weighted by Crippen LogP contribution is 2.46. The number of thiophene rings is 1. The van der Waals surface area contributed by atoms with E-state index in [0.29, 0.717) is 42.0 Å². The van der Waals surface area contributed by atoms with Gasteiger partial charge in [0.2, 0.25) is 0 Å². The van der Waals surface area contributed by atoms with Crippen LogP contribution in [-0.4, -0.2) is 18.3 Å². The lowest BCUT2D eigenvalue weighted by atomic mass is 9.72. The van der Waals surface area contributed by atoms with Crippen molar-refractivity contribution in [1.82, 2.24) is 5.32 Å². The van der Waals surface area contributed by atoms with Crippen molar-refractivity contribution in [2.24, 2.45) is 0 Å². The molecular weight excluding hydrogens is 475 g/mol. The Morgan fingerprint density at radius 3 is 2.53 bits per heavy atom. The molecule has 7 heteroatoms. The molecule has 3 aromatic rings. The number of ether oxygens (including phenoxy) is 1. The number of hydrogen-bond donors (Lipinski definition) is 2. The first-order chi connectivity index (χ1) is 17.4. The van der Waals surface area contributed by atoms with E-state index in [1.807, 2.05) is 49.6 Å². The molecule has 2 N–H and O–H groups in total. The summed E-state index contributed by atoms with van der Waals surface area (Å²) in [4.78, 5) is 28.4. The van der Waals surface area contributed by atoms with Gasteiger partial charge in [-0.15, -0.1) is 11.3 Å². The number of halogens is 1. The predicted octanol–water partition coefficient (Wildman–Crippen LogP) is 6.29. The third-order valence-electron chi connectivity index (χ3n) is 6.64. The van der Waals surface area contributed by atoms with Gasteiger partial charge in [0.15, 0.2) is 5.78 Å². The second-order valence-electron chi connectivity index (χ2n) is 9.00. The molecule has 0 fully saturated rings. The topological polar surface area (TPSA) is 67.4 Å². The van der Waals surface area contributed by atoms with E-state index in [2.05, 4.69) is 16.7 Å². The van der Waals surface area contributed by atoms with E-state index < -0.39 is 5.92 Å². The summed E-state index contributed by atoms with van der Waals surface area (Å²) < 4.78 is 19.0. The van der Waals surface area contributed by atoms with Crippen LogP contribution in [0.4, 0.5) is 10.1 Å². The number of Topliss-reactive ketones (excluding diaryl/α,β-unsaturated/α-hetero) is 1. The quantitative estimate of drug-likeness (QED) is 0.416. The zero-order valence-electron chi connectivity index (χ0n) is 20.1. The standard InChI is InChI=1S/C29H27FN2O3S/c1-3-35-22-12-6-18(7-13-22)27-26(29(34)32-21-10-8-20(30)9-11-21)17(2)31-23-15-19(16-24(33)28(23)27)25-5-4-14-36-25/h4-14,19,27,31H,3,15-16H2,1-2H3,(H,32,34)/t19-,27-/m1/s1. The molecule has 0 unspecified atom stereocenters. The van der Waals surface area contributed by atoms with Crippen LogP contribution in [-0.2, 0) is 9.59 Å². The number of amides is 1. The molecular formula is C29H27FN2O3S. The zero-order chi connectivity index (χ0) is 25.2. The first-order valence-corrected chi connectivity index (χ1v) is 12.9. The Morgan fingerprint density at radius 1 is 1.11 bits per heavy atom. The molecule has 184 valence electrons. The van der Waals surface area contributed by atoms with Crippen molar-refractivity contribution in [2.75, 3.05) is 11.9 Å². The number of carbonyl (C=O) groups is 2. The highest BCUT2D eigenvalue weighted by Gasteiger charge is 2.41. The number of hydrogen-bond acceptors (Lipinski definition) is 5. The van der Waals surface area contributed by atoms with Crippen molar-refractivity contribution in [3.05, 3.63) is 105 Å². The lowest BCUT2D eigenvalue weighted by Gasteiger charge is -2.36. The molecule has 1 amide bonds. The van der Waals surface area contributed by atoms with Crippen molar-refractivity contribution < 1.29 is 18.7 Å². The summed E-state index contributed by atoms with van der Waals surface area (Å²) in [6, 6.07) is 17.3. The molecule has 0 radical (unpaired) electrons. The Morgan fingerprint density at radius 2 is 1.86 bits per heavy atom. The van der Waals surface area contributed by atoms with E-state index in [1.165, 1.54) is 29.1 Å². The molecule has 2 heterocycles. The second kappa shape index (κ2) is 10.1. The summed E-state index contributed by atoms with van der Waals surface area (Å²) in [5.74, 6) is -0.333. The van der Waals surface area contributed by atoms with E-state index in [1.54, 1.807) is 11.3 Å². The van der Waals surface area contributed by atoms with Crippen LogP contribution in [0.3, 0.4) is 0 Å². The summed E-state index contributed by atoms with van der Waals surface area (Å²) in [7, 11) is 0. The van der Waals surface area contributed by atoms with Crippen LogP contribution in [0.2, 0.25) is 0 Å². The molecule has 1 aliphatic heterocycles. The van der Waals surface area contributed by atoms with Gasteiger partial charge in [0, 0.05) is 51.4 Å². The Hall–Kier alpha value is -3.71. The molecule has 2 atom stereocenters. The van der Waals surface area contributed by atoms with Gasteiger partial charge in [0.25, 0.3) is 5.91 Å². The van der Waals surface area contributed by atoms with Crippen LogP contribution in [0, 0.1) is 5.82 Å². The van der Waals surface area contributed by atoms with Crippen LogP contribution in [0.15, 0.2) is 88.6 Å². The normalized spacial score (nSPS) is 19.6. The second-order valence-corrected chi connectivity index (χ2v) is 9.98. The van der Waals surface area contributed by atoms with Crippen molar-refractivity contribution in [1.29, 1.82) is 0 Å². The summed E-state index contributed by atoms with van der Waals surface area (Å²) >= 11 is 1.66. The number of ketones is 1. The average molecular weight is 503 g/mol. The third kappa shape index (κ3) is 4.71. The minimum absolute atomic E-state index is 0.0422. The van der Waals surface area contributed by atoms with Crippen LogP contribution in [0.25, 0.3) is 0 Å². The van der Waals surface area contributed by atoms with Gasteiger partial charge in [-0.05, 0) is 73.7 Å². The minimum Gasteiger partial charge on any atom is -0.494 e. The van der Waals surface area contributed by atoms with E-state index in [-0.39, 0.29) is 23.4 Å². The van der Waals surface area contributed by atoms with Gasteiger partial charge < -0.3 is 15.4 Å². The molecule has 1 aromatic heterocycles. The van der Waals surface area contributed by atoms with E-state index in [4.69, 9.17) is 4.74 Å². The van der Waals surface area contributed by atoms with Crippen LogP contribution < -0.4 is 15.4 Å². The molecule has 1 aliphatic carbocycles. The molecule has 5 rings (SSSR count). The van der Waals surface area contributed by atoms with E-state index >= 15 is 0 Å². The van der Waals surface area contributed by atoms with Crippen LogP contribution >= 0.6 is 11.3 Å². The monoisotopic (exact) mass is 502 g/mol. The number of carbonyl (C=O) groups excluding carboxylic acids is 2. The van der Waals surface area contributed by atoms with Gasteiger partial charge in [-0.3, -0.25) is 9.59 Å². The van der Waals surface area contributed by atoms with Crippen LogP contribution in [0.5, 0.6) is 5.75 Å². The molecule has 36 heavy (non-hydrogen) atoms. The van der Waals surface area contributed by atoms with Gasteiger partial charge in [-0.1, -0.05) is 18.2 Å². The summed E-state index contributed by atoms with van der Waals surface area (Å²) in [5, 5.41) is 8.31. The number of rotatable bonds is 6. The Balaban J connectivity index is 1.55. The first kappa shape index (κ1) is 24.0. The molecule has 0 spiro atoms. The fraction of sp³-hybridized carbons (Fsp3) is 0.241. The molecule has 0 bridgehead atoms. The number of dihydropyridines is 1. The Bertz CT molecular complexity index is 1340. The maximum absolute atomic E-state index is 13.6. The zero-order valence-corrected chi connectivity index (χ0v) is 21.0. The van der Waals surface area contributed by atoms with Gasteiger partial charge >= 0.3 is 0 Å². The maximum atomic E-state index is 13.6. The fourth-order valence-electron chi connectivity index (χ4n) is 5.05. The van der Waals surface area contributed by atoms with Crippen molar-refractivity contribution in [3.63, 3.8) is 0 Å². The maximum Gasteiger partial charge on any atom is 0.254 e. The van der Waals surface area contributed by atoms with E-state index in [9.17, 15) is 14.0 Å². The lowest BCUT2D eigenvalue weighted by Crippen LogP contribution is -2.37. The first-order valence-electron chi connectivity index (χ1n) is 12.0. The van der Waals surface area contributed by atoms with Crippen molar-refractivity contribution >= 4 is 28.7 Å².